The van der Waals surface area contributed by atoms with Crippen LogP contribution in [-0.4, -0.2) is 33.8 Å². The average molecular weight is 316 g/mol. The Balaban J connectivity index is 2.19. The minimum atomic E-state index is -1.11. The molecule has 0 aliphatic rings. The van der Waals surface area contributed by atoms with Crippen LogP contribution in [0.5, 0.6) is 0 Å². The highest BCUT2D eigenvalue weighted by molar-refractivity contribution is 5.86. The number of pyridine rings is 1. The predicted octanol–water partition coefficient (Wildman–Crippen LogP) is 2.76. The number of carboxylic acids is 1. The number of fused-ring (bicyclic) bond motifs is 1. The standard InChI is InChI=1S/C17H20N2O4/c1-17(2,3)23-16(22)19-14(15(20)21)9-11-5-4-6-12-10-18-8-7-13(11)12/h4-8,10,14H,9H2,1-3H3,(H,19,22)(H,20,21). The van der Waals surface area contributed by atoms with E-state index in [0.29, 0.717) is 0 Å². The summed E-state index contributed by atoms with van der Waals surface area (Å²) in [5, 5.41) is 13.6. The lowest BCUT2D eigenvalue weighted by atomic mass is 10.00. The van der Waals surface area contributed by atoms with Crippen LogP contribution in [0.3, 0.4) is 0 Å². The summed E-state index contributed by atoms with van der Waals surface area (Å²) in [5.74, 6) is -1.11. The average Bonchev–Trinajstić information content (AvgIpc) is 2.44. The second-order valence-electron chi connectivity index (χ2n) is 6.26. The van der Waals surface area contributed by atoms with Crippen molar-refractivity contribution >= 4 is 22.8 Å². The van der Waals surface area contributed by atoms with Gasteiger partial charge in [0.1, 0.15) is 11.6 Å². The van der Waals surface area contributed by atoms with E-state index in [9.17, 15) is 14.7 Å². The van der Waals surface area contributed by atoms with E-state index in [1.54, 1.807) is 33.2 Å². The molecule has 2 N–H and O–H groups in total. The first-order chi connectivity index (χ1) is 10.8. The van der Waals surface area contributed by atoms with Crippen molar-refractivity contribution < 1.29 is 19.4 Å². The Morgan fingerprint density at radius 3 is 2.70 bits per heavy atom. The number of alkyl carbamates (subject to hydrolysis) is 1. The molecule has 2 aromatic rings. The highest BCUT2D eigenvalue weighted by Gasteiger charge is 2.24. The van der Waals surface area contributed by atoms with Gasteiger partial charge in [-0.1, -0.05) is 18.2 Å². The van der Waals surface area contributed by atoms with Crippen LogP contribution in [0.2, 0.25) is 0 Å². The first kappa shape index (κ1) is 16.7. The van der Waals surface area contributed by atoms with Crippen molar-refractivity contribution in [1.82, 2.24) is 10.3 Å². The van der Waals surface area contributed by atoms with Crippen molar-refractivity contribution in [2.75, 3.05) is 0 Å². The molecule has 23 heavy (non-hydrogen) atoms. The number of carboxylic acid groups (broad SMARTS) is 1. The van der Waals surface area contributed by atoms with Gasteiger partial charge in [-0.15, -0.1) is 0 Å². The second kappa shape index (κ2) is 6.64. The van der Waals surface area contributed by atoms with Gasteiger partial charge in [0.05, 0.1) is 0 Å². The van der Waals surface area contributed by atoms with Crippen LogP contribution in [0, 0.1) is 0 Å². The summed E-state index contributed by atoms with van der Waals surface area (Å²) in [6.45, 7) is 5.17. The molecule has 0 spiro atoms. The van der Waals surface area contributed by atoms with Crippen molar-refractivity contribution in [3.05, 3.63) is 42.2 Å². The van der Waals surface area contributed by atoms with Crippen LogP contribution in [0.25, 0.3) is 10.8 Å². The number of hydrogen-bond donors (Lipinski definition) is 2. The predicted molar refractivity (Wildman–Crippen MR) is 86.2 cm³/mol. The smallest absolute Gasteiger partial charge is 0.408 e. The summed E-state index contributed by atoms with van der Waals surface area (Å²) in [7, 11) is 0. The molecule has 6 nitrogen and oxygen atoms in total. The second-order valence-corrected chi connectivity index (χ2v) is 6.26. The number of aromatic nitrogens is 1. The van der Waals surface area contributed by atoms with Gasteiger partial charge in [0.15, 0.2) is 0 Å². The van der Waals surface area contributed by atoms with Crippen LogP contribution in [0.15, 0.2) is 36.7 Å². The van der Waals surface area contributed by atoms with E-state index in [0.717, 1.165) is 16.3 Å². The lowest BCUT2D eigenvalue weighted by Gasteiger charge is -2.22. The van der Waals surface area contributed by atoms with Gasteiger partial charge in [-0.2, -0.15) is 0 Å². The molecule has 2 rings (SSSR count). The molecule has 0 bridgehead atoms. The molecule has 0 aliphatic heterocycles. The zero-order chi connectivity index (χ0) is 17.0. The van der Waals surface area contributed by atoms with Gasteiger partial charge in [0, 0.05) is 24.2 Å². The molecule has 1 amide bonds. The van der Waals surface area contributed by atoms with Gasteiger partial charge in [0.2, 0.25) is 0 Å². The third-order valence-corrected chi connectivity index (χ3v) is 3.18. The molecule has 1 aromatic carbocycles. The number of carbonyl (C=O) groups excluding carboxylic acids is 1. The molecular formula is C17H20N2O4. The highest BCUT2D eigenvalue weighted by Crippen LogP contribution is 2.19. The molecule has 122 valence electrons. The number of hydrogen-bond acceptors (Lipinski definition) is 4. The summed E-state index contributed by atoms with van der Waals surface area (Å²) >= 11 is 0. The Labute approximate surface area is 134 Å². The number of amides is 1. The lowest BCUT2D eigenvalue weighted by Crippen LogP contribution is -2.44. The maximum Gasteiger partial charge on any atom is 0.408 e. The van der Waals surface area contributed by atoms with Gasteiger partial charge in [-0.05, 0) is 37.8 Å². The van der Waals surface area contributed by atoms with Crippen molar-refractivity contribution in [3.63, 3.8) is 0 Å². The molecule has 0 fully saturated rings. The van der Waals surface area contributed by atoms with Gasteiger partial charge >= 0.3 is 12.1 Å². The quantitative estimate of drug-likeness (QED) is 0.905. The molecule has 1 unspecified atom stereocenters. The number of aliphatic carboxylic acids is 1. The third-order valence-electron chi connectivity index (χ3n) is 3.18. The van der Waals surface area contributed by atoms with Crippen LogP contribution in [0.4, 0.5) is 4.79 Å². The van der Waals surface area contributed by atoms with Gasteiger partial charge in [-0.25, -0.2) is 9.59 Å². The Morgan fingerprint density at radius 2 is 2.04 bits per heavy atom. The fraction of sp³-hybridized carbons (Fsp3) is 0.353. The van der Waals surface area contributed by atoms with Crippen LogP contribution >= 0.6 is 0 Å². The summed E-state index contributed by atoms with van der Waals surface area (Å²) in [6.07, 6.45) is 2.79. The van der Waals surface area contributed by atoms with E-state index in [4.69, 9.17) is 4.74 Å². The van der Waals surface area contributed by atoms with Crippen molar-refractivity contribution in [2.45, 2.75) is 38.8 Å². The fourth-order valence-electron chi connectivity index (χ4n) is 2.24. The van der Waals surface area contributed by atoms with Gasteiger partial charge < -0.3 is 15.2 Å². The molecule has 1 aromatic heterocycles. The van der Waals surface area contributed by atoms with E-state index in [-0.39, 0.29) is 6.42 Å². The van der Waals surface area contributed by atoms with Gasteiger partial charge in [-0.3, -0.25) is 4.98 Å². The van der Waals surface area contributed by atoms with E-state index in [1.165, 1.54) is 0 Å². The topological polar surface area (TPSA) is 88.5 Å². The van der Waals surface area contributed by atoms with Crippen LogP contribution in [0.1, 0.15) is 26.3 Å². The van der Waals surface area contributed by atoms with Crippen LogP contribution < -0.4 is 5.32 Å². The summed E-state index contributed by atoms with van der Waals surface area (Å²) in [4.78, 5) is 27.3. The number of carbonyl (C=O) groups is 2. The van der Waals surface area contributed by atoms with E-state index >= 15 is 0 Å². The first-order valence-electron chi connectivity index (χ1n) is 7.30. The number of rotatable bonds is 4. The van der Waals surface area contributed by atoms with Crippen molar-refractivity contribution in [2.24, 2.45) is 0 Å². The summed E-state index contributed by atoms with van der Waals surface area (Å²) in [5.41, 5.74) is 0.145. The lowest BCUT2D eigenvalue weighted by molar-refractivity contribution is -0.139. The Kier molecular flexibility index (Phi) is 4.83. The monoisotopic (exact) mass is 316 g/mol. The number of nitrogens with one attached hydrogen (secondary N) is 1. The molecule has 6 heteroatoms. The zero-order valence-corrected chi connectivity index (χ0v) is 13.4. The largest absolute Gasteiger partial charge is 0.480 e. The summed E-state index contributed by atoms with van der Waals surface area (Å²) in [6, 6.07) is 6.35. The molecule has 1 heterocycles. The minimum Gasteiger partial charge on any atom is -0.480 e. The number of ether oxygens (including phenoxy) is 1. The molecule has 0 radical (unpaired) electrons. The van der Waals surface area contributed by atoms with E-state index in [2.05, 4.69) is 10.3 Å². The normalized spacial score (nSPS) is 12.7. The molecule has 1 atom stereocenters. The van der Waals surface area contributed by atoms with Gasteiger partial charge in [0.25, 0.3) is 0 Å². The SMILES string of the molecule is CC(C)(C)OC(=O)NC(Cc1cccc2cnccc12)C(=O)O. The Morgan fingerprint density at radius 1 is 1.30 bits per heavy atom. The van der Waals surface area contributed by atoms with Crippen LogP contribution in [-0.2, 0) is 16.0 Å². The molecule has 0 aliphatic carbocycles. The van der Waals surface area contributed by atoms with E-state index in [1.807, 2.05) is 24.3 Å². The molecule has 0 saturated heterocycles. The number of nitrogens with zero attached hydrogens (tertiary/aromatic N) is 1. The molecule has 0 saturated carbocycles. The first-order valence-corrected chi connectivity index (χ1v) is 7.30. The maximum absolute atomic E-state index is 11.8. The Bertz CT molecular complexity index is 717. The van der Waals surface area contributed by atoms with Crippen molar-refractivity contribution in [1.29, 1.82) is 0 Å². The summed E-state index contributed by atoms with van der Waals surface area (Å²) < 4.78 is 5.12. The minimum absolute atomic E-state index is 0.163. The third kappa shape index (κ3) is 4.67. The van der Waals surface area contributed by atoms with E-state index < -0.39 is 23.7 Å². The number of benzene rings is 1. The van der Waals surface area contributed by atoms with Crippen molar-refractivity contribution in [3.8, 4) is 0 Å². The highest BCUT2D eigenvalue weighted by atomic mass is 16.6. The zero-order valence-electron chi connectivity index (χ0n) is 13.4. The molecular weight excluding hydrogens is 296 g/mol. The fourth-order valence-corrected chi connectivity index (χ4v) is 2.24. The maximum atomic E-state index is 11.8. The Hall–Kier alpha value is -2.63.